The first-order valence-electron chi connectivity index (χ1n) is 11.5. The van der Waals surface area contributed by atoms with E-state index < -0.39 is 0 Å². The van der Waals surface area contributed by atoms with Crippen molar-refractivity contribution in [3.05, 3.63) is 59.7 Å². The molecular weight excluding hydrogens is 356 g/mol. The first-order chi connectivity index (χ1) is 14.0. The number of ketones is 2. The SMILES string of the molecule is C[C@]12C=CC(=O)C=C1CC[C@H]1[C@@H]3CCC(=O)[C@@]3(CCCc3ccccc3)CC[C@@H]12. The van der Waals surface area contributed by atoms with Crippen LogP contribution in [-0.4, -0.2) is 11.6 Å². The van der Waals surface area contributed by atoms with Crippen molar-refractivity contribution < 1.29 is 9.59 Å². The summed E-state index contributed by atoms with van der Waals surface area (Å²) in [4.78, 5) is 25.1. The van der Waals surface area contributed by atoms with E-state index in [1.807, 2.05) is 6.08 Å². The average molecular weight is 389 g/mol. The zero-order chi connectivity index (χ0) is 20.1. The number of Topliss-reactive ketones (excluding diaryl/α,β-unsaturated/α-hetero) is 1. The molecule has 1 aromatic carbocycles. The predicted molar refractivity (Wildman–Crippen MR) is 115 cm³/mol. The highest BCUT2D eigenvalue weighted by molar-refractivity contribution is 6.01. The van der Waals surface area contributed by atoms with Crippen molar-refractivity contribution in [1.82, 2.24) is 0 Å². The molecule has 152 valence electrons. The second-order valence-corrected chi connectivity index (χ2v) is 10.1. The summed E-state index contributed by atoms with van der Waals surface area (Å²) in [5.41, 5.74) is 2.68. The summed E-state index contributed by atoms with van der Waals surface area (Å²) in [6, 6.07) is 10.7. The lowest BCUT2D eigenvalue weighted by Gasteiger charge is -2.56. The van der Waals surface area contributed by atoms with E-state index in [2.05, 4.69) is 43.3 Å². The molecule has 29 heavy (non-hydrogen) atoms. The molecule has 0 amide bonds. The van der Waals surface area contributed by atoms with E-state index in [0.29, 0.717) is 23.5 Å². The highest BCUT2D eigenvalue weighted by atomic mass is 16.1. The fraction of sp³-hybridized carbons (Fsp3) is 0.556. The zero-order valence-corrected chi connectivity index (χ0v) is 17.5. The van der Waals surface area contributed by atoms with Crippen LogP contribution in [0.15, 0.2) is 54.1 Å². The number of aryl methyl sites for hydroxylation is 1. The van der Waals surface area contributed by atoms with Crippen LogP contribution < -0.4 is 0 Å². The van der Waals surface area contributed by atoms with Crippen LogP contribution in [0.1, 0.15) is 63.9 Å². The molecule has 0 heterocycles. The van der Waals surface area contributed by atoms with Crippen molar-refractivity contribution in [2.75, 3.05) is 0 Å². The van der Waals surface area contributed by atoms with Crippen LogP contribution in [0.25, 0.3) is 0 Å². The van der Waals surface area contributed by atoms with Gasteiger partial charge >= 0.3 is 0 Å². The van der Waals surface area contributed by atoms with Crippen LogP contribution in [0, 0.1) is 28.6 Å². The Balaban J connectivity index is 1.37. The number of allylic oxidation sites excluding steroid dienone is 4. The molecule has 1 aromatic rings. The fourth-order valence-electron chi connectivity index (χ4n) is 7.49. The third-order valence-electron chi connectivity index (χ3n) is 8.93. The largest absolute Gasteiger partial charge is 0.299 e. The summed E-state index contributed by atoms with van der Waals surface area (Å²) in [7, 11) is 0. The van der Waals surface area contributed by atoms with Gasteiger partial charge in [0.2, 0.25) is 0 Å². The Bertz CT molecular complexity index is 879. The van der Waals surface area contributed by atoms with E-state index in [0.717, 1.165) is 57.8 Å². The van der Waals surface area contributed by atoms with Crippen molar-refractivity contribution in [2.45, 2.75) is 64.7 Å². The normalized spacial score (nSPS) is 38.2. The van der Waals surface area contributed by atoms with E-state index in [4.69, 9.17) is 0 Å². The fourth-order valence-corrected chi connectivity index (χ4v) is 7.49. The second kappa shape index (κ2) is 7.07. The molecule has 0 unspecified atom stereocenters. The van der Waals surface area contributed by atoms with E-state index >= 15 is 0 Å². The molecule has 2 heteroatoms. The summed E-state index contributed by atoms with van der Waals surface area (Å²) in [6.45, 7) is 2.35. The molecule has 4 aliphatic rings. The Hall–Kier alpha value is -1.96. The maximum absolute atomic E-state index is 13.2. The van der Waals surface area contributed by atoms with Crippen LogP contribution in [0.4, 0.5) is 0 Å². The highest BCUT2D eigenvalue weighted by Gasteiger charge is 2.59. The van der Waals surface area contributed by atoms with Gasteiger partial charge in [-0.15, -0.1) is 0 Å². The average Bonchev–Trinajstić information content (AvgIpc) is 3.06. The lowest BCUT2D eigenvalue weighted by molar-refractivity contribution is -0.134. The third-order valence-corrected chi connectivity index (χ3v) is 8.93. The molecule has 0 aromatic heterocycles. The number of carbonyl (C=O) groups excluding carboxylic acids is 2. The number of hydrogen-bond donors (Lipinski definition) is 0. The van der Waals surface area contributed by atoms with Crippen LogP contribution in [0.3, 0.4) is 0 Å². The Kier molecular flexibility index (Phi) is 4.64. The Morgan fingerprint density at radius 2 is 1.83 bits per heavy atom. The van der Waals surface area contributed by atoms with Crippen molar-refractivity contribution in [1.29, 1.82) is 0 Å². The molecule has 0 saturated heterocycles. The van der Waals surface area contributed by atoms with Gasteiger partial charge in [-0.3, -0.25) is 9.59 Å². The minimum atomic E-state index is -0.0677. The van der Waals surface area contributed by atoms with Gasteiger partial charge in [0.1, 0.15) is 5.78 Å². The van der Waals surface area contributed by atoms with Gasteiger partial charge in [-0.25, -0.2) is 0 Å². The first kappa shape index (κ1) is 19.0. The topological polar surface area (TPSA) is 34.1 Å². The van der Waals surface area contributed by atoms with Crippen molar-refractivity contribution in [3.63, 3.8) is 0 Å². The molecule has 2 nitrogen and oxygen atoms in total. The molecule has 5 atom stereocenters. The minimum absolute atomic E-state index is 0.0265. The Labute approximate surface area is 174 Å². The molecule has 5 rings (SSSR count). The number of fused-ring (bicyclic) bond motifs is 5. The van der Waals surface area contributed by atoms with Gasteiger partial charge in [-0.05, 0) is 86.8 Å². The van der Waals surface area contributed by atoms with E-state index in [9.17, 15) is 9.59 Å². The zero-order valence-electron chi connectivity index (χ0n) is 17.5. The predicted octanol–water partition coefficient (Wildman–Crippen LogP) is 5.87. The van der Waals surface area contributed by atoms with Gasteiger partial charge in [0.15, 0.2) is 5.78 Å². The minimum Gasteiger partial charge on any atom is -0.299 e. The van der Waals surface area contributed by atoms with Gasteiger partial charge < -0.3 is 0 Å². The monoisotopic (exact) mass is 388 g/mol. The molecule has 0 spiro atoms. The van der Waals surface area contributed by atoms with E-state index in [1.165, 1.54) is 11.1 Å². The van der Waals surface area contributed by atoms with Gasteiger partial charge in [-0.2, -0.15) is 0 Å². The van der Waals surface area contributed by atoms with Crippen LogP contribution in [0.2, 0.25) is 0 Å². The molecule has 0 N–H and O–H groups in total. The molecular formula is C27H32O2. The lowest BCUT2D eigenvalue weighted by Crippen LogP contribution is -2.50. The van der Waals surface area contributed by atoms with Crippen molar-refractivity contribution in [3.8, 4) is 0 Å². The van der Waals surface area contributed by atoms with Gasteiger partial charge in [-0.1, -0.05) is 48.9 Å². The van der Waals surface area contributed by atoms with E-state index in [1.54, 1.807) is 6.08 Å². The summed E-state index contributed by atoms with van der Waals surface area (Å²) < 4.78 is 0. The van der Waals surface area contributed by atoms with Gasteiger partial charge in [0.25, 0.3) is 0 Å². The second-order valence-electron chi connectivity index (χ2n) is 10.1. The first-order valence-corrected chi connectivity index (χ1v) is 11.5. The number of hydrogen-bond acceptors (Lipinski definition) is 2. The number of benzene rings is 1. The van der Waals surface area contributed by atoms with Gasteiger partial charge in [0, 0.05) is 17.3 Å². The summed E-state index contributed by atoms with van der Waals surface area (Å²) in [6.07, 6.45) is 15.4. The molecule has 4 aliphatic carbocycles. The summed E-state index contributed by atoms with van der Waals surface area (Å²) in [5, 5.41) is 0. The highest BCUT2D eigenvalue weighted by Crippen LogP contribution is 2.64. The van der Waals surface area contributed by atoms with Crippen LogP contribution in [-0.2, 0) is 16.0 Å². The maximum Gasteiger partial charge on any atom is 0.178 e. The summed E-state index contributed by atoms with van der Waals surface area (Å²) in [5.74, 6) is 2.47. The lowest BCUT2D eigenvalue weighted by atomic mass is 9.47. The van der Waals surface area contributed by atoms with Crippen LogP contribution in [0.5, 0.6) is 0 Å². The molecule has 0 aliphatic heterocycles. The van der Waals surface area contributed by atoms with Crippen molar-refractivity contribution in [2.24, 2.45) is 28.6 Å². The van der Waals surface area contributed by atoms with Crippen LogP contribution >= 0.6 is 0 Å². The standard InChI is InChI=1S/C27H32O2/c1-26-16-13-21(28)18-20(26)9-10-22-23(26)14-17-27(24(22)11-12-25(27)29)15-5-8-19-6-3-2-4-7-19/h2-4,6-7,13,16,18,22-24H,5,8-12,14-15,17H2,1H3/t22-,23+,24+,26+,27+/m1/s1. The molecule has 3 saturated carbocycles. The third kappa shape index (κ3) is 2.98. The van der Waals surface area contributed by atoms with Gasteiger partial charge in [0.05, 0.1) is 0 Å². The molecule has 0 radical (unpaired) electrons. The summed E-state index contributed by atoms with van der Waals surface area (Å²) >= 11 is 0. The van der Waals surface area contributed by atoms with E-state index in [-0.39, 0.29) is 16.6 Å². The molecule has 3 fully saturated rings. The Morgan fingerprint density at radius 3 is 2.66 bits per heavy atom. The number of carbonyl (C=O) groups is 2. The molecule has 0 bridgehead atoms. The maximum atomic E-state index is 13.2. The van der Waals surface area contributed by atoms with Crippen molar-refractivity contribution >= 4 is 11.6 Å². The quantitative estimate of drug-likeness (QED) is 0.647. The Morgan fingerprint density at radius 1 is 1.00 bits per heavy atom. The number of rotatable bonds is 4. The smallest absolute Gasteiger partial charge is 0.178 e.